The maximum absolute atomic E-state index is 5.61. The summed E-state index contributed by atoms with van der Waals surface area (Å²) in [6.07, 6.45) is 3.00. The van der Waals surface area contributed by atoms with E-state index in [1.165, 1.54) is 10.9 Å². The lowest BCUT2D eigenvalue weighted by atomic mass is 10.0. The summed E-state index contributed by atoms with van der Waals surface area (Å²) in [4.78, 5) is 4.42. The summed E-state index contributed by atoms with van der Waals surface area (Å²) < 4.78 is 5.61. The molecule has 1 atom stereocenters. The van der Waals surface area contributed by atoms with Crippen molar-refractivity contribution in [3.05, 3.63) is 42.1 Å². The fourth-order valence-corrected chi connectivity index (χ4v) is 2.23. The molecule has 102 valence electrons. The Morgan fingerprint density at radius 3 is 2.84 bits per heavy atom. The number of nitrogens with one attached hydrogen (secondary N) is 1. The van der Waals surface area contributed by atoms with Gasteiger partial charge in [0.05, 0.1) is 18.2 Å². The van der Waals surface area contributed by atoms with Crippen LogP contribution in [0.2, 0.25) is 0 Å². The van der Waals surface area contributed by atoms with Gasteiger partial charge in [-0.3, -0.25) is 4.98 Å². The minimum Gasteiger partial charge on any atom is -0.380 e. The van der Waals surface area contributed by atoms with Crippen molar-refractivity contribution in [2.24, 2.45) is 0 Å². The van der Waals surface area contributed by atoms with Crippen molar-refractivity contribution in [1.82, 2.24) is 10.3 Å². The summed E-state index contributed by atoms with van der Waals surface area (Å²) in [5.74, 6) is 0. The van der Waals surface area contributed by atoms with E-state index in [0.29, 0.717) is 6.61 Å². The second-order valence-corrected chi connectivity index (χ2v) is 4.58. The third-order valence-electron chi connectivity index (χ3n) is 3.19. The highest BCUT2D eigenvalue weighted by molar-refractivity contribution is 5.82. The van der Waals surface area contributed by atoms with Crippen LogP contribution in [0.15, 0.2) is 36.5 Å². The Kier molecular flexibility index (Phi) is 5.31. The van der Waals surface area contributed by atoms with E-state index in [9.17, 15) is 0 Å². The molecule has 0 radical (unpaired) electrons. The quantitative estimate of drug-likeness (QED) is 0.827. The maximum atomic E-state index is 5.61. The topological polar surface area (TPSA) is 34.1 Å². The predicted molar refractivity (Wildman–Crippen MR) is 79.3 cm³/mol. The van der Waals surface area contributed by atoms with Crippen LogP contribution in [-0.2, 0) is 4.74 Å². The molecule has 0 bridgehead atoms. The monoisotopic (exact) mass is 258 g/mol. The molecule has 1 heterocycles. The summed E-state index contributed by atoms with van der Waals surface area (Å²) in [6.45, 7) is 6.64. The first-order valence-electron chi connectivity index (χ1n) is 7.01. The van der Waals surface area contributed by atoms with E-state index >= 15 is 0 Å². The molecule has 0 saturated heterocycles. The zero-order valence-electron chi connectivity index (χ0n) is 11.7. The smallest absolute Gasteiger partial charge is 0.0705 e. The first kappa shape index (κ1) is 14.0. The molecule has 0 saturated carbocycles. The third kappa shape index (κ3) is 3.52. The van der Waals surface area contributed by atoms with E-state index in [-0.39, 0.29) is 6.04 Å². The van der Waals surface area contributed by atoms with Crippen LogP contribution in [0, 0.1) is 0 Å². The minimum absolute atomic E-state index is 0.229. The van der Waals surface area contributed by atoms with Gasteiger partial charge in [-0.2, -0.15) is 0 Å². The summed E-state index contributed by atoms with van der Waals surface area (Å²) >= 11 is 0. The van der Waals surface area contributed by atoms with E-state index in [1.54, 1.807) is 0 Å². The Morgan fingerprint density at radius 1 is 1.21 bits per heavy atom. The number of para-hydroxylation sites is 1. The Morgan fingerprint density at radius 2 is 2.05 bits per heavy atom. The Labute approximate surface area is 115 Å². The second kappa shape index (κ2) is 7.22. The Hall–Kier alpha value is -1.45. The normalized spacial score (nSPS) is 12.7. The van der Waals surface area contributed by atoms with Crippen LogP contribution in [0.25, 0.3) is 10.9 Å². The predicted octanol–water partition coefficient (Wildman–Crippen LogP) is 3.31. The molecule has 3 heteroatoms. The fraction of sp³-hybridized carbons (Fsp3) is 0.438. The first-order chi connectivity index (χ1) is 9.36. The molecule has 1 aromatic carbocycles. The molecule has 3 nitrogen and oxygen atoms in total. The van der Waals surface area contributed by atoms with Gasteiger partial charge in [0.15, 0.2) is 0 Å². The van der Waals surface area contributed by atoms with Gasteiger partial charge >= 0.3 is 0 Å². The van der Waals surface area contributed by atoms with Crippen LogP contribution in [0.4, 0.5) is 0 Å². The lowest BCUT2D eigenvalue weighted by Crippen LogP contribution is -2.26. The van der Waals surface area contributed by atoms with Crippen LogP contribution < -0.4 is 5.32 Å². The molecule has 0 aliphatic heterocycles. The van der Waals surface area contributed by atoms with Gasteiger partial charge in [-0.15, -0.1) is 0 Å². The van der Waals surface area contributed by atoms with E-state index < -0.39 is 0 Å². The van der Waals surface area contributed by atoms with Gasteiger partial charge in [-0.1, -0.05) is 25.1 Å². The second-order valence-electron chi connectivity index (χ2n) is 4.58. The average molecular weight is 258 g/mol. The van der Waals surface area contributed by atoms with Crippen molar-refractivity contribution in [3.63, 3.8) is 0 Å². The van der Waals surface area contributed by atoms with Gasteiger partial charge in [0, 0.05) is 18.2 Å². The average Bonchev–Trinajstić information content (AvgIpc) is 2.47. The zero-order valence-corrected chi connectivity index (χ0v) is 11.7. The molecule has 2 aromatic rings. The fourth-order valence-electron chi connectivity index (χ4n) is 2.23. The molecule has 19 heavy (non-hydrogen) atoms. The van der Waals surface area contributed by atoms with Crippen molar-refractivity contribution in [3.8, 4) is 0 Å². The van der Waals surface area contributed by atoms with Gasteiger partial charge in [0.25, 0.3) is 0 Å². The standard InChI is InChI=1S/C16H22N2O/c1-3-10-17-16(12-19-4-2)14-9-11-18-15-8-6-5-7-13(14)15/h5-9,11,16-17H,3-4,10,12H2,1-2H3. The number of aromatic nitrogens is 1. The Balaban J connectivity index is 2.31. The van der Waals surface area contributed by atoms with Gasteiger partial charge in [-0.05, 0) is 37.6 Å². The number of hydrogen-bond donors (Lipinski definition) is 1. The molecule has 1 unspecified atom stereocenters. The number of fused-ring (bicyclic) bond motifs is 1. The van der Waals surface area contributed by atoms with Crippen molar-refractivity contribution < 1.29 is 4.74 Å². The van der Waals surface area contributed by atoms with Gasteiger partial charge in [-0.25, -0.2) is 0 Å². The number of benzene rings is 1. The molecule has 0 aliphatic carbocycles. The first-order valence-corrected chi connectivity index (χ1v) is 7.01. The van der Waals surface area contributed by atoms with E-state index in [1.807, 2.05) is 19.2 Å². The summed E-state index contributed by atoms with van der Waals surface area (Å²) in [5.41, 5.74) is 2.31. The molecule has 2 rings (SSSR count). The number of ether oxygens (including phenoxy) is 1. The van der Waals surface area contributed by atoms with Crippen LogP contribution in [0.1, 0.15) is 31.9 Å². The third-order valence-corrected chi connectivity index (χ3v) is 3.19. The van der Waals surface area contributed by atoms with Gasteiger partial charge < -0.3 is 10.1 Å². The van der Waals surface area contributed by atoms with Crippen LogP contribution in [0.3, 0.4) is 0 Å². The summed E-state index contributed by atoms with van der Waals surface area (Å²) in [7, 11) is 0. The van der Waals surface area contributed by atoms with E-state index in [4.69, 9.17) is 4.74 Å². The minimum atomic E-state index is 0.229. The maximum Gasteiger partial charge on any atom is 0.0705 e. The lowest BCUT2D eigenvalue weighted by Gasteiger charge is -2.20. The number of pyridine rings is 1. The molecule has 0 fully saturated rings. The van der Waals surface area contributed by atoms with E-state index in [0.717, 1.165) is 25.1 Å². The van der Waals surface area contributed by atoms with Crippen LogP contribution >= 0.6 is 0 Å². The molecule has 0 aliphatic rings. The van der Waals surface area contributed by atoms with Gasteiger partial charge in [0.1, 0.15) is 0 Å². The molecular weight excluding hydrogens is 236 g/mol. The number of rotatable bonds is 7. The highest BCUT2D eigenvalue weighted by Crippen LogP contribution is 2.23. The van der Waals surface area contributed by atoms with Crippen molar-refractivity contribution >= 4 is 10.9 Å². The molecular formula is C16H22N2O. The molecule has 1 aromatic heterocycles. The zero-order chi connectivity index (χ0) is 13.5. The Bertz CT molecular complexity index is 500. The van der Waals surface area contributed by atoms with Crippen LogP contribution in [-0.4, -0.2) is 24.7 Å². The highest BCUT2D eigenvalue weighted by atomic mass is 16.5. The van der Waals surface area contributed by atoms with E-state index in [2.05, 4.69) is 41.5 Å². The molecule has 0 amide bonds. The highest BCUT2D eigenvalue weighted by Gasteiger charge is 2.13. The van der Waals surface area contributed by atoms with Gasteiger partial charge in [0.2, 0.25) is 0 Å². The van der Waals surface area contributed by atoms with Crippen molar-refractivity contribution in [1.29, 1.82) is 0 Å². The van der Waals surface area contributed by atoms with Crippen molar-refractivity contribution in [2.75, 3.05) is 19.8 Å². The number of nitrogens with zero attached hydrogens (tertiary/aromatic N) is 1. The molecule has 0 spiro atoms. The summed E-state index contributed by atoms with van der Waals surface area (Å²) in [6, 6.07) is 10.6. The molecule has 1 N–H and O–H groups in total. The largest absolute Gasteiger partial charge is 0.380 e. The SMILES string of the molecule is CCCNC(COCC)c1ccnc2ccccc12. The lowest BCUT2D eigenvalue weighted by molar-refractivity contribution is 0.123. The van der Waals surface area contributed by atoms with Crippen LogP contribution in [0.5, 0.6) is 0 Å². The van der Waals surface area contributed by atoms with Crippen molar-refractivity contribution in [2.45, 2.75) is 26.3 Å². The number of hydrogen-bond acceptors (Lipinski definition) is 3. The summed E-state index contributed by atoms with van der Waals surface area (Å²) in [5, 5.41) is 4.77.